The van der Waals surface area contributed by atoms with Crippen molar-refractivity contribution in [3.05, 3.63) is 65.0 Å². The number of unbranched alkanes of at least 4 members (excludes halogenated alkanes) is 1. The second kappa shape index (κ2) is 22.9. The van der Waals surface area contributed by atoms with E-state index in [0.717, 1.165) is 56.9 Å². The molecule has 0 bridgehead atoms. The molecule has 9 N–H and O–H groups in total. The minimum absolute atomic E-state index is 0.0645. The van der Waals surface area contributed by atoms with E-state index < -0.39 is 30.2 Å². The average molecular weight is 801 g/mol. The molecule has 3 aliphatic rings. The maximum absolute atomic E-state index is 14.7. The molecule has 1 aliphatic heterocycles. The highest BCUT2D eigenvalue weighted by atomic mass is 16.2. The number of likely N-dealkylation sites (tertiary alicyclic amines) is 1. The molecule has 0 unspecified atom stereocenters. The maximum atomic E-state index is 14.7. The standard InChI is InChI=1S/C45H68N8O5/c1-49-38(28-32-18-9-4-10-19-32)44(57)52-37(20-11-12-23-46)45(58)53-25-13-21-39(53)41(54)33-22-24-50-40(42(55)35(47)26-30-14-5-2-6-15-30)34(33)29-51-43(56)36(48)27-31-16-7-3-8-17-31/h4,9-10,18-19,22,24,30-31,35-39,49H,2-3,5-8,11-17,20-21,23,25-29,46-48H2,1H3,(H,51,56)(H,52,57)/t35-,36+,37+,38+,39+/m1/s1. The van der Waals surface area contributed by atoms with Gasteiger partial charge in [0.15, 0.2) is 11.6 Å². The number of ketones is 2. The lowest BCUT2D eigenvalue weighted by molar-refractivity contribution is -0.137. The van der Waals surface area contributed by atoms with Gasteiger partial charge in [0, 0.05) is 30.4 Å². The molecule has 2 aromatic rings. The summed E-state index contributed by atoms with van der Waals surface area (Å²) in [5, 5.41) is 9.02. The molecule has 2 saturated carbocycles. The highest BCUT2D eigenvalue weighted by Crippen LogP contribution is 2.30. The van der Waals surface area contributed by atoms with Gasteiger partial charge in [0.1, 0.15) is 11.7 Å². The Balaban J connectivity index is 1.38. The molecule has 318 valence electrons. The summed E-state index contributed by atoms with van der Waals surface area (Å²) in [5.41, 5.74) is 20.4. The Morgan fingerprint density at radius 2 is 1.45 bits per heavy atom. The van der Waals surface area contributed by atoms with Gasteiger partial charge in [-0.1, -0.05) is 94.5 Å². The molecule has 5 rings (SSSR count). The van der Waals surface area contributed by atoms with Gasteiger partial charge < -0.3 is 38.1 Å². The fourth-order valence-electron chi connectivity index (χ4n) is 9.26. The normalized spacial score (nSPS) is 19.9. The highest BCUT2D eigenvalue weighted by molar-refractivity contribution is 6.07. The number of amides is 3. The van der Waals surface area contributed by atoms with Crippen LogP contribution < -0.4 is 33.2 Å². The number of rotatable bonds is 21. The topological polar surface area (TPSA) is 216 Å². The summed E-state index contributed by atoms with van der Waals surface area (Å²) in [6.45, 7) is 0.656. The van der Waals surface area contributed by atoms with Crippen molar-refractivity contribution in [2.24, 2.45) is 29.0 Å². The molecule has 1 saturated heterocycles. The van der Waals surface area contributed by atoms with E-state index in [9.17, 15) is 24.0 Å². The number of nitrogens with zero attached hydrogens (tertiary/aromatic N) is 2. The van der Waals surface area contributed by atoms with Crippen LogP contribution in [0.1, 0.15) is 141 Å². The van der Waals surface area contributed by atoms with Crippen LogP contribution in [-0.2, 0) is 27.3 Å². The van der Waals surface area contributed by atoms with Crippen LogP contribution in [0.3, 0.4) is 0 Å². The van der Waals surface area contributed by atoms with Gasteiger partial charge in [0.25, 0.3) is 0 Å². The highest BCUT2D eigenvalue weighted by Gasteiger charge is 2.40. The molecule has 0 spiro atoms. The zero-order chi connectivity index (χ0) is 41.4. The largest absolute Gasteiger partial charge is 0.351 e. The first-order valence-electron chi connectivity index (χ1n) is 22.0. The van der Waals surface area contributed by atoms with Crippen molar-refractivity contribution in [2.75, 3.05) is 20.1 Å². The lowest BCUT2D eigenvalue weighted by Crippen LogP contribution is -2.55. The van der Waals surface area contributed by atoms with Gasteiger partial charge in [-0.3, -0.25) is 29.0 Å². The number of likely N-dealkylation sites (N-methyl/N-ethyl adjacent to an activating group) is 1. The van der Waals surface area contributed by atoms with Crippen molar-refractivity contribution in [1.29, 1.82) is 0 Å². The van der Waals surface area contributed by atoms with Crippen LogP contribution in [0.5, 0.6) is 0 Å². The lowest BCUT2D eigenvalue weighted by atomic mass is 9.83. The quantitative estimate of drug-likeness (QED) is 0.0786. The molecular formula is C45H68N8O5. The summed E-state index contributed by atoms with van der Waals surface area (Å²) in [6, 6.07) is 7.42. The minimum atomic E-state index is -0.865. The van der Waals surface area contributed by atoms with E-state index in [1.54, 1.807) is 18.0 Å². The number of nitrogens with two attached hydrogens (primary N) is 3. The van der Waals surface area contributed by atoms with Gasteiger partial charge in [-0.05, 0) is 88.4 Å². The van der Waals surface area contributed by atoms with Gasteiger partial charge in [-0.15, -0.1) is 0 Å². The zero-order valence-electron chi connectivity index (χ0n) is 34.6. The number of benzene rings is 1. The number of pyridine rings is 1. The van der Waals surface area contributed by atoms with Crippen molar-refractivity contribution in [3.63, 3.8) is 0 Å². The number of carbonyl (C=O) groups excluding carboxylic acids is 5. The predicted molar refractivity (Wildman–Crippen MR) is 226 cm³/mol. The molecular weight excluding hydrogens is 733 g/mol. The van der Waals surface area contributed by atoms with Crippen molar-refractivity contribution in [1.82, 2.24) is 25.8 Å². The number of nitrogens with one attached hydrogen (secondary N) is 3. The molecule has 2 aliphatic carbocycles. The third-order valence-corrected chi connectivity index (χ3v) is 12.6. The van der Waals surface area contributed by atoms with Crippen LogP contribution >= 0.6 is 0 Å². The van der Waals surface area contributed by atoms with E-state index in [-0.39, 0.29) is 47.1 Å². The van der Waals surface area contributed by atoms with Gasteiger partial charge in [0.2, 0.25) is 17.7 Å². The Kier molecular flexibility index (Phi) is 17.8. The molecule has 3 amide bonds. The van der Waals surface area contributed by atoms with E-state index in [0.29, 0.717) is 81.9 Å². The molecule has 13 nitrogen and oxygen atoms in total. The van der Waals surface area contributed by atoms with Crippen LogP contribution in [0.4, 0.5) is 0 Å². The molecule has 0 radical (unpaired) electrons. The molecule has 5 atom stereocenters. The predicted octanol–water partition coefficient (Wildman–Crippen LogP) is 4.09. The van der Waals surface area contributed by atoms with Gasteiger partial charge >= 0.3 is 0 Å². The lowest BCUT2D eigenvalue weighted by Gasteiger charge is -2.30. The number of aromatic nitrogens is 1. The zero-order valence-corrected chi connectivity index (χ0v) is 34.6. The smallest absolute Gasteiger partial charge is 0.245 e. The fraction of sp³-hybridized carbons (Fsp3) is 0.644. The van der Waals surface area contributed by atoms with Crippen molar-refractivity contribution in [2.45, 2.75) is 152 Å². The molecule has 58 heavy (non-hydrogen) atoms. The number of Topliss-reactive ketones (excluding diaryl/α,β-unsaturated/α-hetero) is 2. The second-order valence-corrected chi connectivity index (χ2v) is 16.9. The first-order chi connectivity index (χ1) is 28.1. The summed E-state index contributed by atoms with van der Waals surface area (Å²) >= 11 is 0. The third kappa shape index (κ3) is 12.5. The number of hydrogen-bond donors (Lipinski definition) is 6. The summed E-state index contributed by atoms with van der Waals surface area (Å²) in [5.74, 6) is -0.964. The van der Waals surface area contributed by atoms with Crippen molar-refractivity contribution < 1.29 is 24.0 Å². The Labute approximate surface area is 344 Å². The van der Waals surface area contributed by atoms with Gasteiger partial charge in [0.05, 0.1) is 24.2 Å². The molecule has 1 aromatic heterocycles. The minimum Gasteiger partial charge on any atom is -0.351 e. The van der Waals surface area contributed by atoms with E-state index in [2.05, 4.69) is 20.9 Å². The Bertz CT molecular complexity index is 1660. The Hall–Kier alpha value is -4.04. The monoisotopic (exact) mass is 801 g/mol. The number of hydrogen-bond acceptors (Lipinski definition) is 10. The summed E-state index contributed by atoms with van der Waals surface area (Å²) < 4.78 is 0. The first kappa shape index (κ1) is 45.1. The van der Waals surface area contributed by atoms with Crippen molar-refractivity contribution >= 4 is 29.3 Å². The molecule has 1 aromatic carbocycles. The fourth-order valence-corrected chi connectivity index (χ4v) is 9.26. The van der Waals surface area contributed by atoms with Crippen LogP contribution in [0.15, 0.2) is 42.6 Å². The third-order valence-electron chi connectivity index (χ3n) is 12.6. The maximum Gasteiger partial charge on any atom is 0.245 e. The van der Waals surface area contributed by atoms with E-state index in [1.165, 1.54) is 19.0 Å². The summed E-state index contributed by atoms with van der Waals surface area (Å²) in [7, 11) is 1.72. The second-order valence-electron chi connectivity index (χ2n) is 16.9. The van der Waals surface area contributed by atoms with Gasteiger partial charge in [-0.25, -0.2) is 0 Å². The Morgan fingerprint density at radius 1 is 0.793 bits per heavy atom. The molecule has 13 heteroatoms. The average Bonchev–Trinajstić information content (AvgIpc) is 3.75. The Morgan fingerprint density at radius 3 is 2.09 bits per heavy atom. The van der Waals surface area contributed by atoms with Gasteiger partial charge in [-0.2, -0.15) is 0 Å². The van der Waals surface area contributed by atoms with Crippen LogP contribution in [0.25, 0.3) is 0 Å². The van der Waals surface area contributed by atoms with Crippen LogP contribution in [0, 0.1) is 11.8 Å². The van der Waals surface area contributed by atoms with Crippen LogP contribution in [0.2, 0.25) is 0 Å². The van der Waals surface area contributed by atoms with E-state index in [1.807, 2.05) is 30.3 Å². The van der Waals surface area contributed by atoms with E-state index in [4.69, 9.17) is 17.2 Å². The van der Waals surface area contributed by atoms with Crippen molar-refractivity contribution in [3.8, 4) is 0 Å². The van der Waals surface area contributed by atoms with Crippen LogP contribution in [-0.4, -0.2) is 89.5 Å². The van der Waals surface area contributed by atoms with E-state index >= 15 is 0 Å². The first-order valence-corrected chi connectivity index (χ1v) is 22.0. The molecule has 2 heterocycles. The number of carbonyl (C=O) groups is 5. The summed E-state index contributed by atoms with van der Waals surface area (Å²) in [6.07, 6.45) is 16.7. The summed E-state index contributed by atoms with van der Waals surface area (Å²) in [4.78, 5) is 76.4. The SMILES string of the molecule is CN[C@@H](Cc1ccccc1)C(=O)N[C@@H](CCCCN)C(=O)N1CCC[C@H]1C(=O)c1ccnc(C(=O)[C@H](N)CC2CCCCC2)c1CNC(=O)[C@@H](N)CC1CCCCC1. The molecule has 3 fully saturated rings.